The molecule has 7 heteroatoms. The summed E-state index contributed by atoms with van der Waals surface area (Å²) in [5.74, 6) is 0.736. The fourth-order valence-electron chi connectivity index (χ4n) is 3.18. The van der Waals surface area contributed by atoms with Crippen molar-refractivity contribution in [3.8, 4) is 5.75 Å². The Morgan fingerprint density at radius 3 is 2.34 bits per heavy atom. The maximum Gasteiger partial charge on any atom is 0.323 e. The van der Waals surface area contributed by atoms with Crippen LogP contribution in [0.2, 0.25) is 0 Å². The molecule has 3 aromatic carbocycles. The van der Waals surface area contributed by atoms with Crippen LogP contribution >= 0.6 is 11.3 Å². The lowest BCUT2D eigenvalue weighted by Crippen LogP contribution is -2.19. The molecule has 2 amide bonds. The second kappa shape index (κ2) is 7.03. The van der Waals surface area contributed by atoms with Crippen molar-refractivity contribution in [1.29, 1.82) is 0 Å². The number of nitrogens with one attached hydrogen (secondary N) is 2. The Bertz CT molecular complexity index is 1360. The minimum absolute atomic E-state index is 0.314. The molecule has 0 aliphatic heterocycles. The topological polar surface area (TPSA) is 76.1 Å². The lowest BCUT2D eigenvalue weighted by Gasteiger charge is -2.08. The Morgan fingerprint density at radius 1 is 0.897 bits per heavy atom. The van der Waals surface area contributed by atoms with Gasteiger partial charge in [0.05, 0.1) is 18.1 Å². The number of carbonyl (C=O) groups excluding carboxylic acids is 1. The molecular formula is C22H16N4O2S. The molecule has 0 saturated carbocycles. The van der Waals surface area contributed by atoms with E-state index in [1.165, 1.54) is 0 Å². The number of aromatic nitrogens is 2. The van der Waals surface area contributed by atoms with Crippen LogP contribution in [0.25, 0.3) is 31.5 Å². The van der Waals surface area contributed by atoms with Gasteiger partial charge in [0.15, 0.2) is 0 Å². The van der Waals surface area contributed by atoms with Gasteiger partial charge in [0.25, 0.3) is 0 Å². The molecule has 0 atom stereocenters. The van der Waals surface area contributed by atoms with Gasteiger partial charge in [0.1, 0.15) is 16.1 Å². The van der Waals surface area contributed by atoms with Gasteiger partial charge in [-0.05, 0) is 54.6 Å². The maximum absolute atomic E-state index is 12.4. The first kappa shape index (κ1) is 17.4. The van der Waals surface area contributed by atoms with Crippen molar-refractivity contribution in [3.05, 3.63) is 66.7 Å². The summed E-state index contributed by atoms with van der Waals surface area (Å²) < 4.78 is 6.21. The van der Waals surface area contributed by atoms with Crippen molar-refractivity contribution in [2.24, 2.45) is 0 Å². The first-order valence-corrected chi connectivity index (χ1v) is 9.82. The number of benzene rings is 3. The van der Waals surface area contributed by atoms with Gasteiger partial charge in [-0.1, -0.05) is 12.1 Å². The summed E-state index contributed by atoms with van der Waals surface area (Å²) in [4.78, 5) is 22.8. The SMILES string of the molecule is COc1ccc(NC(=O)Nc2ccc3sc4nc5ccccc5nc4c3c2)cc1. The Labute approximate surface area is 170 Å². The van der Waals surface area contributed by atoms with E-state index in [-0.39, 0.29) is 6.03 Å². The van der Waals surface area contributed by atoms with E-state index in [9.17, 15) is 4.79 Å². The van der Waals surface area contributed by atoms with Crippen LogP contribution in [0.5, 0.6) is 5.75 Å². The average Bonchev–Trinajstić information content (AvgIpc) is 3.09. The number of ether oxygens (including phenoxy) is 1. The molecule has 5 rings (SSSR count). The van der Waals surface area contributed by atoms with E-state index < -0.39 is 0 Å². The molecule has 2 aromatic heterocycles. The number of carbonyl (C=O) groups is 1. The van der Waals surface area contributed by atoms with Gasteiger partial charge in [0.2, 0.25) is 0 Å². The summed E-state index contributed by atoms with van der Waals surface area (Å²) in [6.45, 7) is 0. The smallest absolute Gasteiger partial charge is 0.323 e. The van der Waals surface area contributed by atoms with Gasteiger partial charge < -0.3 is 15.4 Å². The highest BCUT2D eigenvalue weighted by molar-refractivity contribution is 7.25. The molecule has 0 spiro atoms. The van der Waals surface area contributed by atoms with E-state index >= 15 is 0 Å². The van der Waals surface area contributed by atoms with Crippen LogP contribution in [0.1, 0.15) is 0 Å². The molecule has 0 radical (unpaired) electrons. The zero-order chi connectivity index (χ0) is 19.8. The summed E-state index contributed by atoms with van der Waals surface area (Å²) in [6, 6.07) is 20.5. The Balaban J connectivity index is 1.44. The molecule has 29 heavy (non-hydrogen) atoms. The Kier molecular flexibility index (Phi) is 4.22. The largest absolute Gasteiger partial charge is 0.497 e. The van der Waals surface area contributed by atoms with E-state index in [1.807, 2.05) is 42.5 Å². The van der Waals surface area contributed by atoms with Crippen LogP contribution in [0.4, 0.5) is 16.2 Å². The normalized spacial score (nSPS) is 11.1. The second-order valence-corrected chi connectivity index (χ2v) is 7.52. The van der Waals surface area contributed by atoms with Crippen LogP contribution in [0, 0.1) is 0 Å². The van der Waals surface area contributed by atoms with Crippen molar-refractivity contribution >= 4 is 60.2 Å². The van der Waals surface area contributed by atoms with E-state index in [4.69, 9.17) is 14.7 Å². The monoisotopic (exact) mass is 400 g/mol. The molecule has 6 nitrogen and oxygen atoms in total. The average molecular weight is 400 g/mol. The number of para-hydroxylation sites is 2. The summed E-state index contributed by atoms with van der Waals surface area (Å²) in [5.41, 5.74) is 3.96. The van der Waals surface area contributed by atoms with Crippen LogP contribution in [0.15, 0.2) is 66.7 Å². The predicted octanol–water partition coefficient (Wildman–Crippen LogP) is 5.65. The van der Waals surface area contributed by atoms with E-state index in [0.717, 1.165) is 37.2 Å². The van der Waals surface area contributed by atoms with Crippen LogP contribution in [0.3, 0.4) is 0 Å². The molecule has 2 heterocycles. The van der Waals surface area contributed by atoms with Crippen molar-refractivity contribution in [3.63, 3.8) is 0 Å². The van der Waals surface area contributed by atoms with E-state index in [2.05, 4.69) is 10.6 Å². The molecule has 0 fully saturated rings. The summed E-state index contributed by atoms with van der Waals surface area (Å²) in [5, 5.41) is 6.67. The number of rotatable bonds is 3. The second-order valence-electron chi connectivity index (χ2n) is 6.49. The Morgan fingerprint density at radius 2 is 1.59 bits per heavy atom. The van der Waals surface area contributed by atoms with E-state index in [1.54, 1.807) is 42.7 Å². The molecule has 0 bridgehead atoms. The third-order valence-corrected chi connectivity index (χ3v) is 5.64. The summed E-state index contributed by atoms with van der Waals surface area (Å²) in [7, 11) is 1.60. The highest BCUT2D eigenvalue weighted by atomic mass is 32.1. The number of urea groups is 1. The highest BCUT2D eigenvalue weighted by Gasteiger charge is 2.11. The molecule has 0 saturated heterocycles. The summed E-state index contributed by atoms with van der Waals surface area (Å²) in [6.07, 6.45) is 0. The van der Waals surface area contributed by atoms with Crippen molar-refractivity contribution < 1.29 is 9.53 Å². The van der Waals surface area contributed by atoms with Gasteiger partial charge in [0, 0.05) is 21.5 Å². The van der Waals surface area contributed by atoms with Crippen LogP contribution in [-0.4, -0.2) is 23.1 Å². The van der Waals surface area contributed by atoms with Crippen LogP contribution in [-0.2, 0) is 0 Å². The minimum Gasteiger partial charge on any atom is -0.497 e. The quantitative estimate of drug-likeness (QED) is 0.410. The van der Waals surface area contributed by atoms with Crippen LogP contribution < -0.4 is 15.4 Å². The number of amides is 2. The fourth-order valence-corrected chi connectivity index (χ4v) is 4.19. The van der Waals surface area contributed by atoms with Gasteiger partial charge in [-0.15, -0.1) is 11.3 Å². The van der Waals surface area contributed by atoms with E-state index in [0.29, 0.717) is 11.4 Å². The predicted molar refractivity (Wildman–Crippen MR) is 118 cm³/mol. The van der Waals surface area contributed by atoms with Crippen molar-refractivity contribution in [1.82, 2.24) is 9.97 Å². The number of hydrogen-bond acceptors (Lipinski definition) is 5. The number of fused-ring (bicyclic) bond motifs is 4. The van der Waals surface area contributed by atoms with Gasteiger partial charge >= 0.3 is 6.03 Å². The molecule has 0 unspecified atom stereocenters. The molecule has 0 aliphatic rings. The lowest BCUT2D eigenvalue weighted by atomic mass is 10.2. The number of hydrogen-bond donors (Lipinski definition) is 2. The van der Waals surface area contributed by atoms with Gasteiger partial charge in [-0.25, -0.2) is 14.8 Å². The number of nitrogens with zero attached hydrogens (tertiary/aromatic N) is 2. The lowest BCUT2D eigenvalue weighted by molar-refractivity contribution is 0.262. The molecule has 5 aromatic rings. The number of anilines is 2. The molecule has 2 N–H and O–H groups in total. The van der Waals surface area contributed by atoms with Gasteiger partial charge in [-0.3, -0.25) is 0 Å². The third-order valence-electron chi connectivity index (χ3n) is 4.59. The van der Waals surface area contributed by atoms with Gasteiger partial charge in [-0.2, -0.15) is 0 Å². The van der Waals surface area contributed by atoms with Crippen molar-refractivity contribution in [2.45, 2.75) is 0 Å². The zero-order valence-electron chi connectivity index (χ0n) is 15.5. The first-order valence-electron chi connectivity index (χ1n) is 9.01. The fraction of sp³-hybridized carbons (Fsp3) is 0.0455. The first-order chi connectivity index (χ1) is 14.2. The molecule has 142 valence electrons. The molecule has 0 aliphatic carbocycles. The Hall–Kier alpha value is -3.71. The highest BCUT2D eigenvalue weighted by Crippen LogP contribution is 2.34. The number of methoxy groups -OCH3 is 1. The van der Waals surface area contributed by atoms with Crippen molar-refractivity contribution in [2.75, 3.05) is 17.7 Å². The minimum atomic E-state index is -0.314. The summed E-state index contributed by atoms with van der Waals surface area (Å²) >= 11 is 1.60. The number of thiophene rings is 1. The third kappa shape index (κ3) is 3.32. The standard InChI is InChI=1S/C22H16N4O2S/c1-28-15-9-6-13(7-10-15)23-22(27)24-14-8-11-19-16(12-14)20-21(29-19)26-18-5-3-2-4-17(18)25-20/h2-12H,1H3,(H2,23,24,27). The molecular weight excluding hydrogens is 384 g/mol. The maximum atomic E-state index is 12.4. The zero-order valence-corrected chi connectivity index (χ0v) is 16.3.